The first-order chi connectivity index (χ1) is 6.78. The molecule has 2 aliphatic carbocycles. The molecule has 2 nitrogen and oxygen atoms in total. The molecule has 0 heterocycles. The molecule has 2 heteroatoms. The van der Waals surface area contributed by atoms with Gasteiger partial charge in [0.15, 0.2) is 5.78 Å². The smallest absolute Gasteiger partial charge is 0.156 e. The fourth-order valence-electron chi connectivity index (χ4n) is 3.12. The topological polar surface area (TPSA) is 40.9 Å². The van der Waals surface area contributed by atoms with Gasteiger partial charge in [-0.2, -0.15) is 5.26 Å². The highest BCUT2D eigenvalue weighted by Crippen LogP contribution is 2.46. The number of ketones is 1. The molecule has 76 valence electrons. The Labute approximate surface area is 85.3 Å². The molecule has 2 rings (SSSR count). The van der Waals surface area contributed by atoms with E-state index in [1.165, 1.54) is 19.3 Å². The van der Waals surface area contributed by atoms with Crippen molar-refractivity contribution in [1.82, 2.24) is 0 Å². The highest BCUT2D eigenvalue weighted by molar-refractivity contribution is 5.89. The Balaban J connectivity index is 2.17. The van der Waals surface area contributed by atoms with Crippen molar-refractivity contribution in [2.45, 2.75) is 51.4 Å². The van der Waals surface area contributed by atoms with Crippen molar-refractivity contribution in [3.8, 4) is 6.07 Å². The largest absolute Gasteiger partial charge is 0.298 e. The first kappa shape index (κ1) is 9.71. The van der Waals surface area contributed by atoms with Gasteiger partial charge >= 0.3 is 0 Å². The third-order valence-electron chi connectivity index (χ3n) is 3.95. The minimum absolute atomic E-state index is 0.0725. The lowest BCUT2D eigenvalue weighted by atomic mass is 9.62. The Morgan fingerprint density at radius 2 is 1.79 bits per heavy atom. The molecular weight excluding hydrogens is 174 g/mol. The van der Waals surface area contributed by atoms with Gasteiger partial charge in [0.05, 0.1) is 6.07 Å². The Morgan fingerprint density at radius 3 is 2.43 bits per heavy atom. The number of hydrogen-bond donors (Lipinski definition) is 0. The van der Waals surface area contributed by atoms with Crippen LogP contribution >= 0.6 is 0 Å². The van der Waals surface area contributed by atoms with E-state index >= 15 is 0 Å². The summed E-state index contributed by atoms with van der Waals surface area (Å²) in [5.41, 5.74) is -0.0725. The van der Waals surface area contributed by atoms with Crippen LogP contribution in [-0.4, -0.2) is 5.78 Å². The molecule has 2 fully saturated rings. The second-order valence-electron chi connectivity index (χ2n) is 4.78. The van der Waals surface area contributed by atoms with Crippen LogP contribution in [-0.2, 0) is 4.79 Å². The van der Waals surface area contributed by atoms with Crippen molar-refractivity contribution < 1.29 is 4.79 Å². The third kappa shape index (κ3) is 1.45. The summed E-state index contributed by atoms with van der Waals surface area (Å²) in [6.07, 6.45) is 8.65. The lowest BCUT2D eigenvalue weighted by Crippen LogP contribution is -2.40. The first-order valence-corrected chi connectivity index (χ1v) is 5.72. The zero-order valence-corrected chi connectivity index (χ0v) is 8.59. The fraction of sp³-hybridized carbons (Fsp3) is 0.833. The van der Waals surface area contributed by atoms with E-state index in [0.717, 1.165) is 32.1 Å². The highest BCUT2D eigenvalue weighted by atomic mass is 16.1. The van der Waals surface area contributed by atoms with Gasteiger partial charge in [0.25, 0.3) is 0 Å². The molecule has 0 aliphatic heterocycles. The Kier molecular flexibility index (Phi) is 2.58. The third-order valence-corrected chi connectivity index (χ3v) is 3.95. The van der Waals surface area contributed by atoms with E-state index in [4.69, 9.17) is 5.26 Å². The average Bonchev–Trinajstić information content (AvgIpc) is 2.24. The number of hydrogen-bond acceptors (Lipinski definition) is 2. The molecule has 0 radical (unpaired) electrons. The van der Waals surface area contributed by atoms with E-state index < -0.39 is 0 Å². The van der Waals surface area contributed by atoms with Gasteiger partial charge in [-0.3, -0.25) is 4.79 Å². The molecule has 2 saturated carbocycles. The zero-order chi connectivity index (χ0) is 10.0. The normalized spacial score (nSPS) is 31.4. The van der Waals surface area contributed by atoms with Gasteiger partial charge < -0.3 is 0 Å². The van der Waals surface area contributed by atoms with Gasteiger partial charge in [0, 0.05) is 5.41 Å². The molecule has 0 aromatic carbocycles. The summed E-state index contributed by atoms with van der Waals surface area (Å²) in [5.74, 6) is -0.0206. The number of carbonyl (C=O) groups excluding carboxylic acids is 1. The SMILES string of the molecule is N#CC1CCCC2(CCCCC2)C1=O. The van der Waals surface area contributed by atoms with Gasteiger partial charge in [-0.15, -0.1) is 0 Å². The molecule has 0 bridgehead atoms. The first-order valence-electron chi connectivity index (χ1n) is 5.72. The average molecular weight is 191 g/mol. The molecule has 0 amide bonds. The second kappa shape index (κ2) is 3.73. The van der Waals surface area contributed by atoms with Crippen LogP contribution in [0, 0.1) is 22.7 Å². The number of rotatable bonds is 0. The summed E-state index contributed by atoms with van der Waals surface area (Å²) in [6.45, 7) is 0. The van der Waals surface area contributed by atoms with E-state index in [0.29, 0.717) is 0 Å². The predicted molar refractivity (Wildman–Crippen MR) is 53.5 cm³/mol. The molecule has 14 heavy (non-hydrogen) atoms. The molecule has 0 aromatic rings. The Morgan fingerprint density at radius 1 is 1.14 bits per heavy atom. The van der Waals surface area contributed by atoms with Gasteiger partial charge in [-0.25, -0.2) is 0 Å². The summed E-state index contributed by atoms with van der Waals surface area (Å²) in [4.78, 5) is 12.1. The lowest BCUT2D eigenvalue weighted by Gasteiger charge is -2.40. The number of nitriles is 1. The van der Waals surface area contributed by atoms with E-state index in [1.807, 2.05) is 0 Å². The van der Waals surface area contributed by atoms with Crippen LogP contribution in [0.1, 0.15) is 51.4 Å². The van der Waals surface area contributed by atoms with E-state index in [1.54, 1.807) is 0 Å². The van der Waals surface area contributed by atoms with E-state index in [2.05, 4.69) is 6.07 Å². The minimum Gasteiger partial charge on any atom is -0.298 e. The molecular formula is C12H17NO. The van der Waals surface area contributed by atoms with Crippen molar-refractivity contribution in [3.05, 3.63) is 0 Å². The number of carbonyl (C=O) groups is 1. The summed E-state index contributed by atoms with van der Waals surface area (Å²) >= 11 is 0. The molecule has 0 N–H and O–H groups in total. The minimum atomic E-state index is -0.290. The summed E-state index contributed by atoms with van der Waals surface area (Å²) in [5, 5.41) is 8.90. The number of nitrogens with zero attached hydrogens (tertiary/aromatic N) is 1. The van der Waals surface area contributed by atoms with Gasteiger partial charge in [-0.05, 0) is 25.7 Å². The van der Waals surface area contributed by atoms with Crippen LogP contribution in [0.4, 0.5) is 0 Å². The molecule has 1 unspecified atom stereocenters. The van der Waals surface area contributed by atoms with Crippen molar-refractivity contribution >= 4 is 5.78 Å². The van der Waals surface area contributed by atoms with Crippen molar-refractivity contribution in [3.63, 3.8) is 0 Å². The van der Waals surface area contributed by atoms with Crippen LogP contribution in [0.15, 0.2) is 0 Å². The highest BCUT2D eigenvalue weighted by Gasteiger charge is 2.44. The monoisotopic (exact) mass is 191 g/mol. The van der Waals surface area contributed by atoms with E-state index in [-0.39, 0.29) is 17.1 Å². The molecule has 2 aliphatic rings. The van der Waals surface area contributed by atoms with Gasteiger partial charge in [0.1, 0.15) is 5.92 Å². The zero-order valence-electron chi connectivity index (χ0n) is 8.59. The van der Waals surface area contributed by atoms with Crippen molar-refractivity contribution in [2.24, 2.45) is 11.3 Å². The second-order valence-corrected chi connectivity index (χ2v) is 4.78. The molecule has 0 saturated heterocycles. The molecule has 0 aromatic heterocycles. The van der Waals surface area contributed by atoms with Crippen LogP contribution in [0.5, 0.6) is 0 Å². The molecule has 1 spiro atoms. The number of Topliss-reactive ketones (excluding diaryl/α,β-unsaturated/α-hetero) is 1. The van der Waals surface area contributed by atoms with Gasteiger partial charge in [0.2, 0.25) is 0 Å². The Hall–Kier alpha value is -0.840. The summed E-state index contributed by atoms with van der Waals surface area (Å²) in [6, 6.07) is 2.18. The van der Waals surface area contributed by atoms with Crippen molar-refractivity contribution in [2.75, 3.05) is 0 Å². The van der Waals surface area contributed by atoms with Crippen molar-refractivity contribution in [1.29, 1.82) is 5.26 Å². The quantitative estimate of drug-likeness (QED) is 0.590. The van der Waals surface area contributed by atoms with E-state index in [9.17, 15) is 4.79 Å². The molecule has 1 atom stereocenters. The van der Waals surface area contributed by atoms with Crippen LogP contribution in [0.25, 0.3) is 0 Å². The summed E-state index contributed by atoms with van der Waals surface area (Å²) in [7, 11) is 0. The fourth-order valence-corrected chi connectivity index (χ4v) is 3.12. The standard InChI is InChI=1S/C12H17NO/c13-9-10-5-4-8-12(11(10)14)6-2-1-3-7-12/h10H,1-8H2. The predicted octanol–water partition coefficient (Wildman–Crippen LogP) is 2.83. The Bertz CT molecular complexity index is 265. The maximum absolute atomic E-state index is 12.1. The van der Waals surface area contributed by atoms with Crippen LogP contribution in [0.2, 0.25) is 0 Å². The van der Waals surface area contributed by atoms with Crippen LogP contribution in [0.3, 0.4) is 0 Å². The maximum atomic E-state index is 12.1. The lowest BCUT2D eigenvalue weighted by molar-refractivity contribution is -0.136. The van der Waals surface area contributed by atoms with Crippen LogP contribution < -0.4 is 0 Å². The maximum Gasteiger partial charge on any atom is 0.156 e. The summed E-state index contributed by atoms with van der Waals surface area (Å²) < 4.78 is 0. The van der Waals surface area contributed by atoms with Gasteiger partial charge in [-0.1, -0.05) is 25.7 Å².